The predicted octanol–water partition coefficient (Wildman–Crippen LogP) is 4.65. The first-order valence-corrected chi connectivity index (χ1v) is 10.0. The van der Waals surface area contributed by atoms with Gasteiger partial charge in [-0.3, -0.25) is 4.79 Å². The van der Waals surface area contributed by atoms with Crippen molar-refractivity contribution in [3.05, 3.63) is 65.7 Å². The second kappa shape index (κ2) is 9.12. The van der Waals surface area contributed by atoms with Crippen molar-refractivity contribution in [2.45, 2.75) is 46.3 Å². The van der Waals surface area contributed by atoms with Crippen LogP contribution in [-0.2, 0) is 16.2 Å². The molecule has 0 saturated carbocycles. The van der Waals surface area contributed by atoms with E-state index < -0.39 is 0 Å². The molecular formula is C24H30N2O3. The van der Waals surface area contributed by atoms with Gasteiger partial charge < -0.3 is 14.5 Å². The van der Waals surface area contributed by atoms with Crippen LogP contribution in [0.1, 0.15) is 44.7 Å². The highest BCUT2D eigenvalue weighted by Crippen LogP contribution is 2.24. The normalized spacial score (nSPS) is 16.1. The summed E-state index contributed by atoms with van der Waals surface area (Å²) in [6.45, 7) is 7.36. The van der Waals surface area contributed by atoms with Crippen LogP contribution in [0.4, 0.5) is 0 Å². The molecule has 5 heteroatoms. The molecule has 0 aromatic heterocycles. The molecule has 29 heavy (non-hydrogen) atoms. The molecule has 5 nitrogen and oxygen atoms in total. The molecule has 0 spiro atoms. The third-order valence-electron chi connectivity index (χ3n) is 4.83. The Morgan fingerprint density at radius 3 is 2.45 bits per heavy atom. The summed E-state index contributed by atoms with van der Waals surface area (Å²) in [4.78, 5) is 20.6. The summed E-state index contributed by atoms with van der Waals surface area (Å²) < 4.78 is 5.21. The van der Waals surface area contributed by atoms with Gasteiger partial charge in [0.2, 0.25) is 5.91 Å². The minimum atomic E-state index is -0.139. The Morgan fingerprint density at radius 1 is 1.14 bits per heavy atom. The highest BCUT2D eigenvalue weighted by atomic mass is 16.6. The molecule has 0 radical (unpaired) electrons. The number of amides is 1. The standard InChI is InChI=1S/C24H30N2O3/c1-24(2,3)15-23(27)26(16-18-8-6-5-7-9-18)17-21-14-22(25-29-21)19-10-12-20(28-4)13-11-19/h5-13,21H,14-17H2,1-4H3/t21-/m0/s1. The molecular weight excluding hydrogens is 364 g/mol. The molecule has 1 amide bonds. The van der Waals surface area contributed by atoms with Crippen LogP contribution in [0.25, 0.3) is 0 Å². The van der Waals surface area contributed by atoms with Crippen LogP contribution in [-0.4, -0.2) is 36.3 Å². The van der Waals surface area contributed by atoms with Gasteiger partial charge in [0.15, 0.2) is 6.10 Å². The van der Waals surface area contributed by atoms with Gasteiger partial charge in [-0.2, -0.15) is 0 Å². The van der Waals surface area contributed by atoms with Crippen molar-refractivity contribution in [3.63, 3.8) is 0 Å². The topological polar surface area (TPSA) is 51.1 Å². The van der Waals surface area contributed by atoms with Crippen molar-refractivity contribution >= 4 is 11.6 Å². The predicted molar refractivity (Wildman–Crippen MR) is 115 cm³/mol. The highest BCUT2D eigenvalue weighted by Gasteiger charge is 2.28. The molecule has 0 bridgehead atoms. The molecule has 0 fully saturated rings. The molecule has 0 N–H and O–H groups in total. The third-order valence-corrected chi connectivity index (χ3v) is 4.83. The average molecular weight is 395 g/mol. The fraction of sp³-hybridized carbons (Fsp3) is 0.417. The first kappa shape index (κ1) is 20.9. The van der Waals surface area contributed by atoms with E-state index >= 15 is 0 Å². The number of ether oxygens (including phenoxy) is 1. The molecule has 2 aromatic carbocycles. The number of oxime groups is 1. The lowest BCUT2D eigenvalue weighted by atomic mass is 9.91. The fourth-order valence-electron chi connectivity index (χ4n) is 3.35. The zero-order valence-corrected chi connectivity index (χ0v) is 17.7. The number of carbonyl (C=O) groups is 1. The summed E-state index contributed by atoms with van der Waals surface area (Å²) in [6.07, 6.45) is 1.04. The SMILES string of the molecule is COc1ccc(C2=NO[C@H](CN(Cc3ccccc3)C(=O)CC(C)(C)C)C2)cc1. The minimum Gasteiger partial charge on any atom is -0.497 e. The van der Waals surface area contributed by atoms with Gasteiger partial charge in [-0.15, -0.1) is 0 Å². The smallest absolute Gasteiger partial charge is 0.223 e. The lowest BCUT2D eigenvalue weighted by Gasteiger charge is -2.28. The van der Waals surface area contributed by atoms with Crippen LogP contribution in [0.2, 0.25) is 0 Å². The van der Waals surface area contributed by atoms with Crippen molar-refractivity contribution in [2.24, 2.45) is 10.6 Å². The van der Waals surface area contributed by atoms with E-state index in [1.807, 2.05) is 59.5 Å². The first-order chi connectivity index (χ1) is 13.8. The van der Waals surface area contributed by atoms with Crippen LogP contribution in [0.3, 0.4) is 0 Å². The molecule has 0 saturated heterocycles. The number of nitrogens with zero attached hydrogens (tertiary/aromatic N) is 2. The summed E-state index contributed by atoms with van der Waals surface area (Å²) in [6, 6.07) is 17.9. The molecule has 0 aliphatic carbocycles. The van der Waals surface area contributed by atoms with Gasteiger partial charge in [0.05, 0.1) is 19.4 Å². The van der Waals surface area contributed by atoms with E-state index in [1.54, 1.807) is 7.11 Å². The van der Waals surface area contributed by atoms with Gasteiger partial charge in [0, 0.05) is 19.4 Å². The first-order valence-electron chi connectivity index (χ1n) is 10.0. The van der Waals surface area contributed by atoms with E-state index in [9.17, 15) is 4.79 Å². The average Bonchev–Trinajstić information content (AvgIpc) is 3.15. The van der Waals surface area contributed by atoms with Crippen LogP contribution in [0.5, 0.6) is 5.75 Å². The van der Waals surface area contributed by atoms with Crippen LogP contribution in [0.15, 0.2) is 59.8 Å². The summed E-state index contributed by atoms with van der Waals surface area (Å²) >= 11 is 0. The molecule has 1 aliphatic rings. The molecule has 3 rings (SSSR count). The van der Waals surface area contributed by atoms with Crippen LogP contribution >= 0.6 is 0 Å². The number of rotatable bonds is 7. The van der Waals surface area contributed by atoms with Gasteiger partial charge in [0.25, 0.3) is 0 Å². The zero-order chi connectivity index (χ0) is 20.9. The maximum absolute atomic E-state index is 13.0. The van der Waals surface area contributed by atoms with Crippen molar-refractivity contribution in [3.8, 4) is 5.75 Å². The van der Waals surface area contributed by atoms with E-state index in [4.69, 9.17) is 9.57 Å². The number of hydrogen-bond acceptors (Lipinski definition) is 4. The van der Waals surface area contributed by atoms with Gasteiger partial charge in [0.1, 0.15) is 5.75 Å². The number of benzene rings is 2. The lowest BCUT2D eigenvalue weighted by Crippen LogP contribution is -2.38. The largest absolute Gasteiger partial charge is 0.497 e. The quantitative estimate of drug-likeness (QED) is 0.687. The van der Waals surface area contributed by atoms with Crippen LogP contribution in [0, 0.1) is 5.41 Å². The fourth-order valence-corrected chi connectivity index (χ4v) is 3.35. The molecule has 2 aromatic rings. The molecule has 1 atom stereocenters. The van der Waals surface area contributed by atoms with Gasteiger partial charge in [-0.1, -0.05) is 56.3 Å². The second-order valence-corrected chi connectivity index (χ2v) is 8.70. The number of methoxy groups -OCH3 is 1. The Balaban J connectivity index is 1.66. The van der Waals surface area contributed by atoms with Gasteiger partial charge in [-0.05, 0) is 40.8 Å². The Morgan fingerprint density at radius 2 is 1.83 bits per heavy atom. The van der Waals surface area contributed by atoms with Gasteiger partial charge >= 0.3 is 0 Å². The van der Waals surface area contributed by atoms with Crippen molar-refractivity contribution < 1.29 is 14.4 Å². The summed E-state index contributed by atoms with van der Waals surface area (Å²) in [5.74, 6) is 0.953. The van der Waals surface area contributed by atoms with Crippen LogP contribution < -0.4 is 4.74 Å². The number of hydrogen-bond donors (Lipinski definition) is 0. The minimum absolute atomic E-state index is 0.0622. The van der Waals surface area contributed by atoms with E-state index in [-0.39, 0.29) is 17.4 Å². The Labute approximate surface area is 173 Å². The lowest BCUT2D eigenvalue weighted by molar-refractivity contribution is -0.135. The van der Waals surface area contributed by atoms with E-state index in [0.717, 1.165) is 22.6 Å². The summed E-state index contributed by atoms with van der Waals surface area (Å²) in [7, 11) is 1.65. The monoisotopic (exact) mass is 394 g/mol. The summed E-state index contributed by atoms with van der Waals surface area (Å²) in [5.41, 5.74) is 2.97. The molecule has 1 aliphatic heterocycles. The highest BCUT2D eigenvalue weighted by molar-refractivity contribution is 6.01. The summed E-state index contributed by atoms with van der Waals surface area (Å²) in [5, 5.41) is 4.27. The Bertz CT molecular complexity index is 839. The second-order valence-electron chi connectivity index (χ2n) is 8.70. The third kappa shape index (κ3) is 6.08. The molecule has 1 heterocycles. The van der Waals surface area contributed by atoms with Crippen molar-refractivity contribution in [2.75, 3.05) is 13.7 Å². The number of carbonyl (C=O) groups excluding carboxylic acids is 1. The van der Waals surface area contributed by atoms with E-state index in [1.165, 1.54) is 0 Å². The van der Waals surface area contributed by atoms with Crippen molar-refractivity contribution in [1.29, 1.82) is 0 Å². The maximum atomic E-state index is 13.0. The molecule has 0 unspecified atom stereocenters. The maximum Gasteiger partial charge on any atom is 0.223 e. The van der Waals surface area contributed by atoms with Crippen molar-refractivity contribution in [1.82, 2.24) is 4.90 Å². The van der Waals surface area contributed by atoms with E-state index in [0.29, 0.717) is 25.9 Å². The Hall–Kier alpha value is -2.82. The molecule has 154 valence electrons. The van der Waals surface area contributed by atoms with Gasteiger partial charge in [-0.25, -0.2) is 0 Å². The zero-order valence-electron chi connectivity index (χ0n) is 17.7. The Kier molecular flexibility index (Phi) is 6.57. The van der Waals surface area contributed by atoms with E-state index in [2.05, 4.69) is 25.9 Å².